The van der Waals surface area contributed by atoms with Crippen molar-refractivity contribution in [3.8, 4) is 0 Å². The lowest BCUT2D eigenvalue weighted by Crippen LogP contribution is -2.28. The largest absolute Gasteiger partial charge is 0.370 e. The van der Waals surface area contributed by atoms with Gasteiger partial charge in [0.15, 0.2) is 0 Å². The number of nitrogens with zero attached hydrogens (tertiary/aromatic N) is 2. The maximum absolute atomic E-state index is 4.54. The van der Waals surface area contributed by atoms with Crippen LogP contribution in [0.25, 0.3) is 0 Å². The Morgan fingerprint density at radius 2 is 2.32 bits per heavy atom. The van der Waals surface area contributed by atoms with E-state index in [1.54, 1.807) is 0 Å². The van der Waals surface area contributed by atoms with E-state index in [9.17, 15) is 0 Å². The summed E-state index contributed by atoms with van der Waals surface area (Å²) in [5.74, 6) is 1.81. The van der Waals surface area contributed by atoms with E-state index >= 15 is 0 Å². The Morgan fingerprint density at radius 1 is 1.47 bits per heavy atom. The van der Waals surface area contributed by atoms with Crippen molar-refractivity contribution in [3.63, 3.8) is 0 Å². The highest BCUT2D eigenvalue weighted by atomic mass is 15.2. The zero-order valence-corrected chi connectivity index (χ0v) is 12.5. The van der Waals surface area contributed by atoms with Gasteiger partial charge in [0.25, 0.3) is 0 Å². The first-order valence-corrected chi connectivity index (χ1v) is 7.65. The predicted octanol–water partition coefficient (Wildman–Crippen LogP) is 3.70. The van der Waals surface area contributed by atoms with Gasteiger partial charge in [-0.3, -0.25) is 4.90 Å². The summed E-state index contributed by atoms with van der Waals surface area (Å²) >= 11 is 0. The molecular formula is C16H27N3. The van der Waals surface area contributed by atoms with Crippen LogP contribution in [-0.4, -0.2) is 29.5 Å². The highest BCUT2D eigenvalue weighted by Crippen LogP contribution is 2.35. The molecule has 1 aromatic rings. The van der Waals surface area contributed by atoms with Crippen molar-refractivity contribution in [3.05, 3.63) is 23.9 Å². The van der Waals surface area contributed by atoms with Crippen molar-refractivity contribution >= 4 is 5.82 Å². The molecular weight excluding hydrogens is 234 g/mol. The van der Waals surface area contributed by atoms with Gasteiger partial charge < -0.3 is 5.32 Å². The first kappa shape index (κ1) is 14.3. The Kier molecular flexibility index (Phi) is 5.20. The third-order valence-electron chi connectivity index (χ3n) is 3.70. The number of likely N-dealkylation sites (tertiary alicyclic amines) is 1. The molecule has 0 bridgehead atoms. The number of hydrogen-bond acceptors (Lipinski definition) is 3. The zero-order chi connectivity index (χ0) is 13.7. The monoisotopic (exact) mass is 261 g/mol. The molecule has 1 N–H and O–H groups in total. The van der Waals surface area contributed by atoms with Gasteiger partial charge in [0.2, 0.25) is 0 Å². The molecule has 1 aliphatic heterocycles. The van der Waals surface area contributed by atoms with Crippen molar-refractivity contribution in [1.29, 1.82) is 0 Å². The van der Waals surface area contributed by atoms with E-state index in [4.69, 9.17) is 0 Å². The van der Waals surface area contributed by atoms with E-state index in [-0.39, 0.29) is 0 Å². The summed E-state index contributed by atoms with van der Waals surface area (Å²) in [4.78, 5) is 7.16. The smallest absolute Gasteiger partial charge is 0.130 e. The summed E-state index contributed by atoms with van der Waals surface area (Å²) < 4.78 is 0. The van der Waals surface area contributed by atoms with Gasteiger partial charge in [-0.05, 0) is 37.8 Å². The molecule has 0 aromatic carbocycles. The Labute approximate surface area is 117 Å². The van der Waals surface area contributed by atoms with E-state index in [0.29, 0.717) is 6.04 Å². The molecule has 106 valence electrons. The van der Waals surface area contributed by atoms with Crippen molar-refractivity contribution in [1.82, 2.24) is 9.88 Å². The predicted molar refractivity (Wildman–Crippen MR) is 81.4 cm³/mol. The molecule has 19 heavy (non-hydrogen) atoms. The highest BCUT2D eigenvalue weighted by Gasteiger charge is 2.28. The second-order valence-corrected chi connectivity index (χ2v) is 5.91. The molecule has 1 aromatic heterocycles. The quantitative estimate of drug-likeness (QED) is 0.846. The Bertz CT molecular complexity index is 389. The van der Waals surface area contributed by atoms with E-state index in [1.165, 1.54) is 31.5 Å². The number of pyridine rings is 1. The minimum absolute atomic E-state index is 0.551. The summed E-state index contributed by atoms with van der Waals surface area (Å²) in [6.07, 6.45) is 5.60. The van der Waals surface area contributed by atoms with Crippen LogP contribution in [0.4, 0.5) is 5.82 Å². The second-order valence-electron chi connectivity index (χ2n) is 5.91. The molecule has 2 heterocycles. The van der Waals surface area contributed by atoms with E-state index in [2.05, 4.69) is 48.1 Å². The molecule has 0 amide bonds. The van der Waals surface area contributed by atoms with Gasteiger partial charge in [-0.1, -0.05) is 26.8 Å². The summed E-state index contributed by atoms with van der Waals surface area (Å²) in [5.41, 5.74) is 1.38. The van der Waals surface area contributed by atoms with Crippen LogP contribution in [0.5, 0.6) is 0 Å². The average molecular weight is 261 g/mol. The van der Waals surface area contributed by atoms with Crippen LogP contribution in [0.15, 0.2) is 18.3 Å². The molecule has 3 heteroatoms. The second kappa shape index (κ2) is 6.90. The lowest BCUT2D eigenvalue weighted by molar-refractivity contribution is 0.229. The number of nitrogens with one attached hydrogen (secondary N) is 1. The van der Waals surface area contributed by atoms with Crippen molar-refractivity contribution in [2.75, 3.05) is 25.0 Å². The fourth-order valence-electron chi connectivity index (χ4n) is 2.94. The van der Waals surface area contributed by atoms with Crippen LogP contribution in [0, 0.1) is 5.92 Å². The van der Waals surface area contributed by atoms with Crippen LogP contribution >= 0.6 is 0 Å². The molecule has 1 unspecified atom stereocenters. The van der Waals surface area contributed by atoms with Crippen LogP contribution < -0.4 is 5.32 Å². The molecule has 1 aliphatic rings. The van der Waals surface area contributed by atoms with Crippen molar-refractivity contribution in [2.24, 2.45) is 5.92 Å². The first-order chi connectivity index (χ1) is 9.22. The van der Waals surface area contributed by atoms with E-state index < -0.39 is 0 Å². The third kappa shape index (κ3) is 3.69. The molecule has 2 rings (SSSR count). The van der Waals surface area contributed by atoms with Gasteiger partial charge in [0, 0.05) is 30.9 Å². The molecule has 0 spiro atoms. The molecule has 1 saturated heterocycles. The van der Waals surface area contributed by atoms with Gasteiger partial charge in [-0.2, -0.15) is 0 Å². The zero-order valence-electron chi connectivity index (χ0n) is 12.5. The summed E-state index contributed by atoms with van der Waals surface area (Å²) in [7, 11) is 0. The lowest BCUT2D eigenvalue weighted by Gasteiger charge is -2.27. The Morgan fingerprint density at radius 3 is 3.05 bits per heavy atom. The number of rotatable bonds is 6. The van der Waals surface area contributed by atoms with Gasteiger partial charge in [-0.25, -0.2) is 4.98 Å². The maximum Gasteiger partial charge on any atom is 0.130 e. The van der Waals surface area contributed by atoms with Crippen LogP contribution in [0.3, 0.4) is 0 Å². The minimum Gasteiger partial charge on any atom is -0.370 e. The molecule has 3 nitrogen and oxygen atoms in total. The number of aromatic nitrogens is 1. The van der Waals surface area contributed by atoms with Crippen molar-refractivity contribution < 1.29 is 0 Å². The van der Waals surface area contributed by atoms with Crippen LogP contribution in [0.2, 0.25) is 0 Å². The fourth-order valence-corrected chi connectivity index (χ4v) is 2.94. The Hall–Kier alpha value is -1.09. The summed E-state index contributed by atoms with van der Waals surface area (Å²) in [5, 5.41) is 3.48. The topological polar surface area (TPSA) is 28.2 Å². The van der Waals surface area contributed by atoms with Crippen LogP contribution in [-0.2, 0) is 0 Å². The minimum atomic E-state index is 0.551. The fraction of sp³-hybridized carbons (Fsp3) is 0.688. The lowest BCUT2D eigenvalue weighted by atomic mass is 10.0. The molecule has 1 atom stereocenters. The van der Waals surface area contributed by atoms with Crippen molar-refractivity contribution in [2.45, 2.75) is 46.1 Å². The van der Waals surface area contributed by atoms with Crippen LogP contribution in [0.1, 0.15) is 51.6 Å². The van der Waals surface area contributed by atoms with Gasteiger partial charge >= 0.3 is 0 Å². The molecule has 0 aliphatic carbocycles. The number of hydrogen-bond donors (Lipinski definition) is 1. The first-order valence-electron chi connectivity index (χ1n) is 7.65. The maximum atomic E-state index is 4.54. The SMILES string of the molecule is CCCNc1ncccc1C1CCCN1CC(C)C. The van der Waals surface area contributed by atoms with E-state index in [1.807, 2.05) is 6.20 Å². The van der Waals surface area contributed by atoms with Gasteiger partial charge in [0.05, 0.1) is 0 Å². The Balaban J connectivity index is 2.15. The highest BCUT2D eigenvalue weighted by molar-refractivity contribution is 5.46. The summed E-state index contributed by atoms with van der Waals surface area (Å²) in [6, 6.07) is 4.86. The molecule has 1 fully saturated rings. The normalized spacial score (nSPS) is 20.1. The average Bonchev–Trinajstić information content (AvgIpc) is 2.84. The van der Waals surface area contributed by atoms with Gasteiger partial charge in [0.1, 0.15) is 5.82 Å². The standard InChI is InChI=1S/C16H27N3/c1-4-9-17-16-14(7-5-10-18-16)15-8-6-11-19(15)12-13(2)3/h5,7,10,13,15H,4,6,8-9,11-12H2,1-3H3,(H,17,18). The number of anilines is 1. The third-order valence-corrected chi connectivity index (χ3v) is 3.70. The molecule has 0 saturated carbocycles. The summed E-state index contributed by atoms with van der Waals surface area (Å²) in [6.45, 7) is 10.2. The molecule has 0 radical (unpaired) electrons. The van der Waals surface area contributed by atoms with Gasteiger partial charge in [-0.15, -0.1) is 0 Å². The van der Waals surface area contributed by atoms with E-state index in [0.717, 1.165) is 24.7 Å².